The molecule has 8 heteroatoms. The quantitative estimate of drug-likeness (QED) is 0.542. The molecule has 3 aromatic rings. The number of esters is 1. The highest BCUT2D eigenvalue weighted by Crippen LogP contribution is 2.27. The van der Waals surface area contributed by atoms with Crippen LogP contribution < -0.4 is 10.3 Å². The van der Waals surface area contributed by atoms with E-state index in [9.17, 15) is 9.59 Å². The molecule has 0 aliphatic heterocycles. The number of carbonyl (C=O) groups excluding carboxylic acids is 1. The van der Waals surface area contributed by atoms with Crippen LogP contribution in [0.4, 0.5) is 0 Å². The minimum Gasteiger partial charge on any atom is -0.488 e. The van der Waals surface area contributed by atoms with Crippen molar-refractivity contribution in [3.63, 3.8) is 0 Å². The van der Waals surface area contributed by atoms with Gasteiger partial charge >= 0.3 is 5.97 Å². The first kappa shape index (κ1) is 17.3. The van der Waals surface area contributed by atoms with Gasteiger partial charge in [-0.15, -0.1) is 0 Å². The Labute approximate surface area is 152 Å². The second kappa shape index (κ2) is 7.55. The minimum absolute atomic E-state index is 0.00702. The zero-order chi connectivity index (χ0) is 17.8. The molecule has 0 radical (unpaired) electrons. The summed E-state index contributed by atoms with van der Waals surface area (Å²) in [6.07, 6.45) is 0. The molecule has 0 saturated carbocycles. The molecule has 128 valence electrons. The van der Waals surface area contributed by atoms with Crippen LogP contribution in [-0.4, -0.2) is 29.4 Å². The van der Waals surface area contributed by atoms with Gasteiger partial charge in [0.2, 0.25) is 0 Å². The van der Waals surface area contributed by atoms with E-state index in [1.54, 1.807) is 42.5 Å². The molecule has 0 amide bonds. The van der Waals surface area contributed by atoms with Crippen LogP contribution in [0.25, 0.3) is 10.8 Å². The van der Waals surface area contributed by atoms with Crippen molar-refractivity contribution in [1.82, 2.24) is 10.2 Å². The number of rotatable bonds is 5. The van der Waals surface area contributed by atoms with E-state index in [0.29, 0.717) is 26.6 Å². The van der Waals surface area contributed by atoms with Crippen molar-refractivity contribution >= 4 is 39.9 Å². The van der Waals surface area contributed by atoms with Gasteiger partial charge in [-0.25, -0.2) is 9.89 Å². The number of nitrogens with one attached hydrogen (secondary N) is 1. The third-order valence-electron chi connectivity index (χ3n) is 3.36. The number of carbonyl (C=O) groups is 1. The SMILES string of the molecule is O=C(OCCOc1ccc(Cl)cc1Cl)c1n[nH]c(=O)c2ccccc12. The largest absolute Gasteiger partial charge is 0.488 e. The van der Waals surface area contributed by atoms with Crippen molar-refractivity contribution in [2.45, 2.75) is 0 Å². The second-order valence-corrected chi connectivity index (χ2v) is 5.85. The Morgan fingerprint density at radius 1 is 1.08 bits per heavy atom. The molecule has 2 aromatic carbocycles. The van der Waals surface area contributed by atoms with Crippen LogP contribution in [-0.2, 0) is 4.74 Å². The molecule has 3 rings (SSSR count). The summed E-state index contributed by atoms with van der Waals surface area (Å²) in [5.41, 5.74) is -0.326. The van der Waals surface area contributed by atoms with Crippen LogP contribution >= 0.6 is 23.2 Å². The van der Waals surface area contributed by atoms with Gasteiger partial charge in [0, 0.05) is 10.4 Å². The molecule has 0 saturated heterocycles. The van der Waals surface area contributed by atoms with Crippen molar-refractivity contribution in [2.75, 3.05) is 13.2 Å². The number of fused-ring (bicyclic) bond motifs is 1. The number of ether oxygens (including phenoxy) is 2. The average Bonchev–Trinajstić information content (AvgIpc) is 2.60. The molecule has 1 heterocycles. The fraction of sp³-hybridized carbons (Fsp3) is 0.118. The predicted octanol–water partition coefficient (Wildman–Crippen LogP) is 3.47. The minimum atomic E-state index is -0.654. The van der Waals surface area contributed by atoms with Gasteiger partial charge < -0.3 is 9.47 Å². The van der Waals surface area contributed by atoms with Gasteiger partial charge in [-0.05, 0) is 24.3 Å². The van der Waals surface area contributed by atoms with Crippen LogP contribution in [0.15, 0.2) is 47.3 Å². The predicted molar refractivity (Wildman–Crippen MR) is 94.6 cm³/mol. The van der Waals surface area contributed by atoms with Crippen molar-refractivity contribution in [3.8, 4) is 5.75 Å². The molecule has 1 aromatic heterocycles. The Balaban J connectivity index is 1.64. The Hall–Kier alpha value is -2.57. The van der Waals surface area contributed by atoms with Gasteiger partial charge in [0.25, 0.3) is 5.56 Å². The topological polar surface area (TPSA) is 81.3 Å². The molecule has 0 aliphatic carbocycles. The number of halogens is 2. The van der Waals surface area contributed by atoms with E-state index in [2.05, 4.69) is 10.2 Å². The standard InChI is InChI=1S/C17H12Cl2N2O4/c18-10-5-6-14(13(19)9-10)24-7-8-25-17(23)15-11-3-1-2-4-12(11)16(22)21-20-15/h1-6,9H,7-8H2,(H,21,22). The number of H-pyrrole nitrogens is 1. The zero-order valence-electron chi connectivity index (χ0n) is 12.8. The maximum Gasteiger partial charge on any atom is 0.359 e. The first-order valence-corrected chi connectivity index (χ1v) is 8.04. The molecule has 0 spiro atoms. The summed E-state index contributed by atoms with van der Waals surface area (Å²) in [5.74, 6) is -0.215. The van der Waals surface area contributed by atoms with Gasteiger partial charge in [0.1, 0.15) is 19.0 Å². The summed E-state index contributed by atoms with van der Waals surface area (Å²) in [6, 6.07) is 11.5. The first-order chi connectivity index (χ1) is 12.1. The summed E-state index contributed by atoms with van der Waals surface area (Å²) in [7, 11) is 0. The molecular weight excluding hydrogens is 367 g/mol. The summed E-state index contributed by atoms with van der Waals surface area (Å²) >= 11 is 11.8. The monoisotopic (exact) mass is 378 g/mol. The summed E-state index contributed by atoms with van der Waals surface area (Å²) in [5, 5.41) is 7.73. The van der Waals surface area contributed by atoms with Crippen molar-refractivity contribution in [3.05, 3.63) is 68.6 Å². The maximum absolute atomic E-state index is 12.2. The van der Waals surface area contributed by atoms with Crippen molar-refractivity contribution in [1.29, 1.82) is 0 Å². The van der Waals surface area contributed by atoms with Crippen LogP contribution in [0, 0.1) is 0 Å². The molecule has 0 bridgehead atoms. The first-order valence-electron chi connectivity index (χ1n) is 7.28. The lowest BCUT2D eigenvalue weighted by Crippen LogP contribution is -2.18. The summed E-state index contributed by atoms with van der Waals surface area (Å²) in [6.45, 7) is 0.0985. The number of hydrogen-bond acceptors (Lipinski definition) is 5. The highest BCUT2D eigenvalue weighted by atomic mass is 35.5. The van der Waals surface area contributed by atoms with E-state index < -0.39 is 5.97 Å². The van der Waals surface area contributed by atoms with E-state index >= 15 is 0 Å². The zero-order valence-corrected chi connectivity index (χ0v) is 14.3. The van der Waals surface area contributed by atoms with Gasteiger partial charge in [0.05, 0.1) is 10.4 Å². The third-order valence-corrected chi connectivity index (χ3v) is 3.89. The number of hydrogen-bond donors (Lipinski definition) is 1. The van der Waals surface area contributed by atoms with E-state index in [4.69, 9.17) is 32.7 Å². The normalized spacial score (nSPS) is 10.6. The van der Waals surface area contributed by atoms with E-state index in [-0.39, 0.29) is 24.5 Å². The lowest BCUT2D eigenvalue weighted by Gasteiger charge is -2.09. The maximum atomic E-state index is 12.2. The third kappa shape index (κ3) is 3.92. The molecule has 1 N–H and O–H groups in total. The van der Waals surface area contributed by atoms with E-state index in [1.165, 1.54) is 0 Å². The van der Waals surface area contributed by atoms with Crippen LogP contribution in [0.3, 0.4) is 0 Å². The lowest BCUT2D eigenvalue weighted by atomic mass is 10.1. The molecule has 6 nitrogen and oxygen atoms in total. The summed E-state index contributed by atoms with van der Waals surface area (Å²) < 4.78 is 10.6. The van der Waals surface area contributed by atoms with Crippen molar-refractivity contribution in [2.24, 2.45) is 0 Å². The smallest absolute Gasteiger partial charge is 0.359 e. The molecule has 0 unspecified atom stereocenters. The average molecular weight is 379 g/mol. The number of aromatic nitrogens is 2. The van der Waals surface area contributed by atoms with Crippen molar-refractivity contribution < 1.29 is 14.3 Å². The fourth-order valence-electron chi connectivity index (χ4n) is 2.22. The molecular formula is C17H12Cl2N2O4. The molecule has 25 heavy (non-hydrogen) atoms. The number of nitrogens with zero attached hydrogens (tertiary/aromatic N) is 1. The Kier molecular flexibility index (Phi) is 5.21. The summed E-state index contributed by atoms with van der Waals surface area (Å²) in [4.78, 5) is 23.9. The highest BCUT2D eigenvalue weighted by molar-refractivity contribution is 6.35. The molecule has 0 atom stereocenters. The van der Waals surface area contributed by atoms with Crippen LogP contribution in [0.2, 0.25) is 10.0 Å². The van der Waals surface area contributed by atoms with Crippen LogP contribution in [0.1, 0.15) is 10.5 Å². The molecule has 0 aliphatic rings. The molecule has 0 fully saturated rings. The van der Waals surface area contributed by atoms with E-state index in [1.807, 2.05) is 0 Å². The Bertz CT molecular complexity index is 988. The van der Waals surface area contributed by atoms with Gasteiger partial charge in [-0.3, -0.25) is 4.79 Å². The highest BCUT2D eigenvalue weighted by Gasteiger charge is 2.15. The number of aromatic amines is 1. The lowest BCUT2D eigenvalue weighted by molar-refractivity contribution is 0.0445. The Morgan fingerprint density at radius 3 is 2.60 bits per heavy atom. The fourth-order valence-corrected chi connectivity index (χ4v) is 2.68. The van der Waals surface area contributed by atoms with E-state index in [0.717, 1.165) is 0 Å². The van der Waals surface area contributed by atoms with Gasteiger partial charge in [-0.1, -0.05) is 41.4 Å². The number of benzene rings is 2. The van der Waals surface area contributed by atoms with Gasteiger partial charge in [-0.2, -0.15) is 5.10 Å². The Morgan fingerprint density at radius 2 is 1.84 bits per heavy atom. The second-order valence-electron chi connectivity index (χ2n) is 5.01. The van der Waals surface area contributed by atoms with Gasteiger partial charge in [0.15, 0.2) is 5.69 Å². The van der Waals surface area contributed by atoms with Crippen LogP contribution in [0.5, 0.6) is 5.75 Å².